The normalized spacial score (nSPS) is 11.0. The van der Waals surface area contributed by atoms with Gasteiger partial charge in [0.1, 0.15) is 0 Å². The number of rotatable bonds is 4. The highest BCUT2D eigenvalue weighted by molar-refractivity contribution is 7.13. The number of halogens is 1. The monoisotopic (exact) mass is 398 g/mol. The Bertz CT molecular complexity index is 1120. The minimum atomic E-state index is -0.604. The molecular weight excluding hydrogens is 384 g/mol. The Kier molecular flexibility index (Phi) is 4.59. The van der Waals surface area contributed by atoms with Crippen molar-refractivity contribution < 1.29 is 13.9 Å². The molecular formula is C20H15ClN2O3S. The molecule has 0 atom stereocenters. The third kappa shape index (κ3) is 3.18. The van der Waals surface area contributed by atoms with E-state index in [0.717, 1.165) is 21.7 Å². The van der Waals surface area contributed by atoms with Crippen LogP contribution in [0.25, 0.3) is 32.8 Å². The maximum Gasteiger partial charge on any atom is 0.376 e. The molecule has 27 heavy (non-hydrogen) atoms. The van der Waals surface area contributed by atoms with Crippen molar-refractivity contribution in [2.45, 2.75) is 6.92 Å². The van der Waals surface area contributed by atoms with Crippen LogP contribution in [0.5, 0.6) is 0 Å². The molecule has 0 spiro atoms. The van der Waals surface area contributed by atoms with E-state index in [9.17, 15) is 4.79 Å². The van der Waals surface area contributed by atoms with Crippen molar-refractivity contribution in [1.82, 2.24) is 4.98 Å². The van der Waals surface area contributed by atoms with Crippen LogP contribution in [0.15, 0.2) is 52.3 Å². The minimum absolute atomic E-state index is 0.0297. The van der Waals surface area contributed by atoms with Crippen LogP contribution in [0.2, 0.25) is 5.02 Å². The molecule has 136 valence electrons. The molecule has 3 heterocycles. The van der Waals surface area contributed by atoms with Crippen molar-refractivity contribution in [3.8, 4) is 21.7 Å². The van der Waals surface area contributed by atoms with E-state index in [1.165, 1.54) is 0 Å². The van der Waals surface area contributed by atoms with E-state index in [1.807, 2.05) is 35.7 Å². The number of aromatic nitrogens is 1. The number of esters is 1. The van der Waals surface area contributed by atoms with Crippen molar-refractivity contribution in [2.24, 2.45) is 0 Å². The average Bonchev–Trinajstić information content (AvgIpc) is 3.30. The number of hydrogen-bond donors (Lipinski definition) is 1. The fraction of sp³-hybridized carbons (Fsp3) is 0.100. The summed E-state index contributed by atoms with van der Waals surface area (Å²) in [5.41, 5.74) is 9.22. The van der Waals surface area contributed by atoms with Gasteiger partial charge in [0, 0.05) is 5.02 Å². The third-order valence-electron chi connectivity index (χ3n) is 4.09. The van der Waals surface area contributed by atoms with Gasteiger partial charge in [0.2, 0.25) is 11.5 Å². The van der Waals surface area contributed by atoms with Crippen molar-refractivity contribution in [3.05, 3.63) is 58.6 Å². The Morgan fingerprint density at radius 2 is 2.07 bits per heavy atom. The fourth-order valence-electron chi connectivity index (χ4n) is 2.88. The molecule has 0 saturated carbocycles. The van der Waals surface area contributed by atoms with Crippen LogP contribution in [0.1, 0.15) is 17.5 Å². The maximum atomic E-state index is 12.2. The number of benzene rings is 1. The first kappa shape index (κ1) is 17.6. The van der Waals surface area contributed by atoms with E-state index < -0.39 is 5.97 Å². The van der Waals surface area contributed by atoms with Crippen LogP contribution in [0, 0.1) is 0 Å². The number of nitrogens with two attached hydrogens (primary N) is 1. The number of nitrogen functional groups attached to an aromatic ring is 1. The quantitative estimate of drug-likeness (QED) is 0.450. The van der Waals surface area contributed by atoms with E-state index in [-0.39, 0.29) is 18.1 Å². The van der Waals surface area contributed by atoms with Gasteiger partial charge in [0.05, 0.1) is 28.3 Å². The minimum Gasteiger partial charge on any atom is -0.460 e. The summed E-state index contributed by atoms with van der Waals surface area (Å²) in [4.78, 5) is 17.8. The second-order valence-electron chi connectivity index (χ2n) is 5.78. The Labute approximate surface area is 164 Å². The van der Waals surface area contributed by atoms with Crippen molar-refractivity contribution in [1.29, 1.82) is 0 Å². The molecule has 0 saturated heterocycles. The Balaban J connectivity index is 2.00. The number of furan rings is 1. The fourth-order valence-corrected chi connectivity index (χ4v) is 3.69. The Morgan fingerprint density at radius 3 is 2.74 bits per heavy atom. The van der Waals surface area contributed by atoms with Gasteiger partial charge in [-0.2, -0.15) is 0 Å². The van der Waals surface area contributed by atoms with E-state index in [1.54, 1.807) is 30.4 Å². The summed E-state index contributed by atoms with van der Waals surface area (Å²) in [5.74, 6) is -0.634. The number of pyridine rings is 1. The smallest absolute Gasteiger partial charge is 0.376 e. The van der Waals surface area contributed by atoms with E-state index in [2.05, 4.69) is 4.98 Å². The van der Waals surface area contributed by atoms with E-state index in [0.29, 0.717) is 16.1 Å². The largest absolute Gasteiger partial charge is 0.460 e. The summed E-state index contributed by atoms with van der Waals surface area (Å²) in [7, 11) is 0. The molecule has 4 aromatic rings. The lowest BCUT2D eigenvalue weighted by Crippen LogP contribution is -2.05. The van der Waals surface area contributed by atoms with Gasteiger partial charge in [-0.25, -0.2) is 9.78 Å². The molecule has 0 aliphatic heterocycles. The lowest BCUT2D eigenvalue weighted by Gasteiger charge is -2.07. The zero-order valence-corrected chi connectivity index (χ0v) is 15.9. The molecule has 0 bridgehead atoms. The van der Waals surface area contributed by atoms with Gasteiger partial charge in [0.25, 0.3) is 0 Å². The second kappa shape index (κ2) is 7.06. The van der Waals surface area contributed by atoms with Crippen molar-refractivity contribution in [3.63, 3.8) is 0 Å². The van der Waals surface area contributed by atoms with Crippen LogP contribution < -0.4 is 5.73 Å². The molecule has 0 amide bonds. The molecule has 0 aliphatic rings. The first-order chi connectivity index (χ1) is 13.1. The van der Waals surface area contributed by atoms with Gasteiger partial charge < -0.3 is 14.9 Å². The van der Waals surface area contributed by atoms with E-state index in [4.69, 9.17) is 26.5 Å². The molecule has 0 fully saturated rings. The second-order valence-corrected chi connectivity index (χ2v) is 7.17. The SMILES string of the molecule is CCOC(=O)c1oc2nc(-c3cccs3)cc(-c3ccc(Cl)cc3)c2c1N. The summed E-state index contributed by atoms with van der Waals surface area (Å²) < 4.78 is 10.8. The van der Waals surface area contributed by atoms with Crippen LogP contribution in [0.4, 0.5) is 5.69 Å². The summed E-state index contributed by atoms with van der Waals surface area (Å²) in [5, 5.41) is 3.19. The molecule has 0 radical (unpaired) electrons. The lowest BCUT2D eigenvalue weighted by atomic mass is 10.0. The molecule has 2 N–H and O–H groups in total. The highest BCUT2D eigenvalue weighted by atomic mass is 35.5. The first-order valence-corrected chi connectivity index (χ1v) is 9.54. The first-order valence-electron chi connectivity index (χ1n) is 8.28. The van der Waals surface area contributed by atoms with Crippen molar-refractivity contribution >= 4 is 45.7 Å². The average molecular weight is 399 g/mol. The topological polar surface area (TPSA) is 78.3 Å². The van der Waals surface area contributed by atoms with E-state index >= 15 is 0 Å². The van der Waals surface area contributed by atoms with Gasteiger partial charge in [-0.05, 0) is 47.7 Å². The summed E-state index contributed by atoms with van der Waals surface area (Å²) in [6.07, 6.45) is 0. The van der Waals surface area contributed by atoms with Gasteiger partial charge >= 0.3 is 5.97 Å². The molecule has 0 unspecified atom stereocenters. The van der Waals surface area contributed by atoms with Crippen molar-refractivity contribution in [2.75, 3.05) is 12.3 Å². The predicted molar refractivity (Wildman–Crippen MR) is 108 cm³/mol. The zero-order chi connectivity index (χ0) is 19.0. The number of hydrogen-bond acceptors (Lipinski definition) is 6. The standard InChI is InChI=1S/C20H15ClN2O3S/c1-2-25-20(24)18-17(22)16-13(11-5-7-12(21)8-6-11)10-14(23-19(16)26-18)15-4-3-9-27-15/h3-10H,2,22H2,1H3. The number of nitrogens with zero attached hydrogens (tertiary/aromatic N) is 1. The highest BCUT2D eigenvalue weighted by Gasteiger charge is 2.24. The molecule has 4 rings (SSSR count). The van der Waals surface area contributed by atoms with Gasteiger partial charge in [-0.1, -0.05) is 29.8 Å². The molecule has 0 aliphatic carbocycles. The predicted octanol–water partition coefficient (Wildman–Crippen LogP) is 5.64. The van der Waals surface area contributed by atoms with Gasteiger partial charge in [-0.3, -0.25) is 0 Å². The maximum absolute atomic E-state index is 12.2. The number of thiophene rings is 1. The molecule has 7 heteroatoms. The van der Waals surface area contributed by atoms with Crippen LogP contribution in [0.3, 0.4) is 0 Å². The lowest BCUT2D eigenvalue weighted by molar-refractivity contribution is 0.0494. The van der Waals surface area contributed by atoms with Gasteiger partial charge in [-0.15, -0.1) is 11.3 Å². The Morgan fingerprint density at radius 1 is 1.30 bits per heavy atom. The number of carbonyl (C=O) groups excluding carboxylic acids is 1. The molecule has 5 nitrogen and oxygen atoms in total. The number of carbonyl (C=O) groups is 1. The Hall–Kier alpha value is -2.83. The summed E-state index contributed by atoms with van der Waals surface area (Å²) >= 11 is 7.59. The third-order valence-corrected chi connectivity index (χ3v) is 5.23. The van der Waals surface area contributed by atoms with Crippen LogP contribution in [-0.4, -0.2) is 17.6 Å². The molecule has 1 aromatic carbocycles. The van der Waals surface area contributed by atoms with Crippen LogP contribution in [-0.2, 0) is 4.74 Å². The zero-order valence-electron chi connectivity index (χ0n) is 14.4. The highest BCUT2D eigenvalue weighted by Crippen LogP contribution is 2.39. The summed E-state index contributed by atoms with van der Waals surface area (Å²) in [6, 6.07) is 13.3. The molecule has 3 aromatic heterocycles. The van der Waals surface area contributed by atoms with Gasteiger partial charge in [0.15, 0.2) is 0 Å². The summed E-state index contributed by atoms with van der Waals surface area (Å²) in [6.45, 7) is 1.95. The number of ether oxygens (including phenoxy) is 1. The van der Waals surface area contributed by atoms with Crippen LogP contribution >= 0.6 is 22.9 Å². The number of anilines is 1. The number of fused-ring (bicyclic) bond motifs is 1.